The molecule has 1 saturated heterocycles. The van der Waals surface area contributed by atoms with Crippen molar-refractivity contribution in [3.8, 4) is 0 Å². The van der Waals surface area contributed by atoms with Gasteiger partial charge in [-0.3, -0.25) is 0 Å². The number of hydrogen-bond donors (Lipinski definition) is 4. The van der Waals surface area contributed by atoms with Crippen LogP contribution in [0.15, 0.2) is 0 Å². The molecule has 0 aromatic rings. The van der Waals surface area contributed by atoms with Crippen LogP contribution in [0.5, 0.6) is 0 Å². The van der Waals surface area contributed by atoms with Crippen molar-refractivity contribution in [3.05, 3.63) is 0 Å². The van der Waals surface area contributed by atoms with Gasteiger partial charge < -0.3 is 25.2 Å². The smallest absolute Gasteiger partial charge is 0.111 e. The van der Waals surface area contributed by atoms with E-state index in [1.807, 2.05) is 0 Å². The van der Waals surface area contributed by atoms with Gasteiger partial charge in [-0.25, -0.2) is 0 Å². The Morgan fingerprint density at radius 2 is 2.00 bits per heavy atom. The molecule has 5 atom stereocenters. The van der Waals surface area contributed by atoms with Gasteiger partial charge in [0.25, 0.3) is 0 Å². The molecule has 0 bridgehead atoms. The number of hydrogen-bond acceptors (Lipinski definition) is 5. The zero-order valence-corrected chi connectivity index (χ0v) is 5.79. The van der Waals surface area contributed by atoms with Crippen molar-refractivity contribution in [1.82, 2.24) is 0 Å². The van der Waals surface area contributed by atoms with Crippen molar-refractivity contribution < 1.29 is 26.5 Å². The fourth-order valence-electron chi connectivity index (χ4n) is 0.915. The molecular weight excluding hydrogens is 152 g/mol. The molecule has 1 heterocycles. The van der Waals surface area contributed by atoms with Crippen molar-refractivity contribution in [1.29, 1.82) is 0 Å². The molecule has 0 aromatic carbocycles. The van der Waals surface area contributed by atoms with Crippen LogP contribution in [0.2, 0.25) is 0 Å². The van der Waals surface area contributed by atoms with Crippen LogP contribution in [0, 0.1) is 0 Å². The third kappa shape index (κ3) is 1.69. The monoisotopic (exact) mass is 165 g/mol. The van der Waals surface area contributed by atoms with Gasteiger partial charge in [-0.2, -0.15) is 0 Å². The maximum absolute atomic E-state index is 9.15. The predicted molar refractivity (Wildman–Crippen MR) is 34.8 cm³/mol. The molecule has 1 unspecified atom stereocenters. The Kier molecular flexibility index (Phi) is 2.35. The lowest BCUT2D eigenvalue weighted by molar-refractivity contribution is -0.195. The summed E-state index contributed by atoms with van der Waals surface area (Å²) in [4.78, 5) is 0. The molecule has 11 heavy (non-hydrogen) atoms. The third-order valence-electron chi connectivity index (χ3n) is 1.65. The van der Waals surface area contributed by atoms with Gasteiger partial charge in [-0.15, -0.1) is 0 Å². The summed E-state index contributed by atoms with van der Waals surface area (Å²) in [6.07, 6.45) is -5.20. The zero-order valence-electron chi connectivity index (χ0n) is 6.79. The Balaban J connectivity index is 2.63. The van der Waals surface area contributed by atoms with Crippen LogP contribution in [0.25, 0.3) is 0 Å². The molecule has 0 radical (unpaired) electrons. The summed E-state index contributed by atoms with van der Waals surface area (Å²) in [5.41, 5.74) is 0. The highest BCUT2D eigenvalue weighted by molar-refractivity contribution is 4.85. The molecule has 5 nitrogen and oxygen atoms in total. The Labute approximate surface area is 65.3 Å². The van der Waals surface area contributed by atoms with E-state index in [0.29, 0.717) is 0 Å². The van der Waals surface area contributed by atoms with Gasteiger partial charge in [-0.05, 0) is 0 Å². The van der Waals surface area contributed by atoms with Crippen LogP contribution < -0.4 is 0 Å². The molecule has 1 rings (SSSR count). The molecule has 1 aliphatic heterocycles. The highest BCUT2D eigenvalue weighted by atomic mass is 16.5. The molecule has 0 saturated carbocycles. The van der Waals surface area contributed by atoms with Gasteiger partial charge in [0.05, 0.1) is 14.6 Å². The molecule has 0 amide bonds. The van der Waals surface area contributed by atoms with Crippen molar-refractivity contribution in [2.24, 2.45) is 0 Å². The van der Waals surface area contributed by atoms with Crippen LogP contribution in [-0.2, 0) is 4.74 Å². The largest absolute Gasteiger partial charge is 0.394 e. The summed E-state index contributed by atoms with van der Waals surface area (Å²) in [5, 5.41) is 35.9. The standard InChI is InChI=1S/C6H12O5/c7-1-4-6(10)5(9)3(8)2-11-4/h3-10H,1-2H2/t3-,4+,5+,6+/m0/s1/i2D/t2?,3-,4+,5+,6+. The zero-order chi connectivity index (χ0) is 9.30. The van der Waals surface area contributed by atoms with Crippen LogP contribution in [0.3, 0.4) is 0 Å². The highest BCUT2D eigenvalue weighted by Crippen LogP contribution is 2.14. The van der Waals surface area contributed by atoms with E-state index in [9.17, 15) is 0 Å². The second-order valence-corrected chi connectivity index (χ2v) is 2.46. The van der Waals surface area contributed by atoms with Crippen LogP contribution in [0.4, 0.5) is 0 Å². The summed E-state index contributed by atoms with van der Waals surface area (Å²) in [6, 6.07) is 0. The normalized spacial score (nSPS) is 53.8. The number of aliphatic hydroxyl groups excluding tert-OH is 4. The first-order valence-electron chi connectivity index (χ1n) is 3.88. The Morgan fingerprint density at radius 3 is 2.55 bits per heavy atom. The first-order valence-corrected chi connectivity index (χ1v) is 3.30. The predicted octanol–water partition coefficient (Wildman–Crippen LogP) is -2.54. The minimum absolute atomic E-state index is 0.486. The third-order valence-corrected chi connectivity index (χ3v) is 1.65. The van der Waals surface area contributed by atoms with Crippen molar-refractivity contribution in [2.45, 2.75) is 24.4 Å². The summed E-state index contributed by atoms with van der Waals surface area (Å²) in [5.74, 6) is 0. The maximum Gasteiger partial charge on any atom is 0.111 e. The summed E-state index contributed by atoms with van der Waals surface area (Å²) in [6.45, 7) is -1.80. The van der Waals surface area contributed by atoms with Gasteiger partial charge in [0.15, 0.2) is 0 Å². The minimum Gasteiger partial charge on any atom is -0.394 e. The average molecular weight is 165 g/mol. The molecule has 0 aliphatic carbocycles. The van der Waals surface area contributed by atoms with Crippen molar-refractivity contribution in [2.75, 3.05) is 13.2 Å². The fraction of sp³-hybridized carbons (Fsp3) is 1.00. The van der Waals surface area contributed by atoms with E-state index < -0.39 is 37.6 Å². The lowest BCUT2D eigenvalue weighted by atomic mass is 10.0. The summed E-state index contributed by atoms with van der Waals surface area (Å²) < 4.78 is 11.8. The van der Waals surface area contributed by atoms with Crippen molar-refractivity contribution in [3.63, 3.8) is 0 Å². The summed E-state index contributed by atoms with van der Waals surface area (Å²) >= 11 is 0. The van der Waals surface area contributed by atoms with Crippen molar-refractivity contribution >= 4 is 0 Å². The van der Waals surface area contributed by atoms with Crippen LogP contribution in [0.1, 0.15) is 1.37 Å². The summed E-state index contributed by atoms with van der Waals surface area (Å²) in [7, 11) is 0. The van der Waals surface area contributed by atoms with E-state index in [-0.39, 0.29) is 0 Å². The number of ether oxygens (including phenoxy) is 1. The Morgan fingerprint density at radius 1 is 1.36 bits per heavy atom. The van der Waals surface area contributed by atoms with Crippen LogP contribution in [-0.4, -0.2) is 58.0 Å². The van der Waals surface area contributed by atoms with E-state index in [0.717, 1.165) is 0 Å². The van der Waals surface area contributed by atoms with E-state index in [4.69, 9.17) is 21.8 Å². The Hall–Kier alpha value is -0.200. The number of aliphatic hydroxyl groups is 4. The lowest BCUT2D eigenvalue weighted by Crippen LogP contribution is -2.53. The second kappa shape index (κ2) is 3.46. The van der Waals surface area contributed by atoms with Gasteiger partial charge in [0.1, 0.15) is 24.4 Å². The molecule has 0 aromatic heterocycles. The van der Waals surface area contributed by atoms with Gasteiger partial charge in [-0.1, -0.05) is 0 Å². The maximum atomic E-state index is 9.15. The molecule has 0 spiro atoms. The van der Waals surface area contributed by atoms with E-state index in [1.165, 1.54) is 0 Å². The lowest BCUT2D eigenvalue weighted by Gasteiger charge is -2.34. The SMILES string of the molecule is [2H]C1O[C@H](CO)[C@@H](O)[C@H](O)[C@H]1O. The van der Waals surface area contributed by atoms with E-state index in [2.05, 4.69) is 4.74 Å². The van der Waals surface area contributed by atoms with Gasteiger partial charge in [0, 0.05) is 0 Å². The van der Waals surface area contributed by atoms with Crippen LogP contribution >= 0.6 is 0 Å². The molecule has 1 aliphatic rings. The van der Waals surface area contributed by atoms with E-state index in [1.54, 1.807) is 0 Å². The molecule has 1 fully saturated rings. The molecule has 5 heteroatoms. The number of rotatable bonds is 1. The van der Waals surface area contributed by atoms with Gasteiger partial charge in [0.2, 0.25) is 0 Å². The fourth-order valence-corrected chi connectivity index (χ4v) is 0.915. The second-order valence-electron chi connectivity index (χ2n) is 2.46. The first kappa shape index (κ1) is 7.45. The average Bonchev–Trinajstić information content (AvgIpc) is 2.08. The molecule has 4 N–H and O–H groups in total. The quantitative estimate of drug-likeness (QED) is 0.344. The molecule has 66 valence electrons. The minimum atomic E-state index is -1.43. The Bertz CT molecular complexity index is 150. The van der Waals surface area contributed by atoms with E-state index >= 15 is 0 Å². The molecular formula is C6H12O5. The first-order chi connectivity index (χ1) is 5.57. The van der Waals surface area contributed by atoms with Gasteiger partial charge >= 0.3 is 0 Å². The highest BCUT2D eigenvalue weighted by Gasteiger charge is 2.36. The topological polar surface area (TPSA) is 90.2 Å².